The topological polar surface area (TPSA) is 90.3 Å². The van der Waals surface area contributed by atoms with Crippen LogP contribution < -0.4 is 9.64 Å². The molecule has 2 aliphatic heterocycles. The summed E-state index contributed by atoms with van der Waals surface area (Å²) >= 11 is 0. The first-order valence-electron chi connectivity index (χ1n) is 13.1. The monoisotopic (exact) mass is 502 g/mol. The van der Waals surface area contributed by atoms with Crippen molar-refractivity contribution >= 4 is 23.7 Å². The number of carboxylic acids is 2. The Morgan fingerprint density at radius 3 is 2.05 bits per heavy atom. The Balaban J connectivity index is 0.000000307. The second-order valence-electron chi connectivity index (χ2n) is 10.5. The molecule has 2 atom stereocenters. The van der Waals surface area contributed by atoms with E-state index in [1.54, 1.807) is 0 Å². The average Bonchev–Trinajstić information content (AvgIpc) is 3.44. The van der Waals surface area contributed by atoms with Gasteiger partial charge in [-0.2, -0.15) is 0 Å². The van der Waals surface area contributed by atoms with Gasteiger partial charge >= 0.3 is 11.9 Å². The lowest BCUT2D eigenvalue weighted by Gasteiger charge is -2.40. The van der Waals surface area contributed by atoms with E-state index in [2.05, 4.69) is 76.5 Å². The number of fused-ring (bicyclic) bond motifs is 2. The van der Waals surface area contributed by atoms with Crippen molar-refractivity contribution in [2.24, 2.45) is 11.8 Å². The predicted octanol–water partition coefficient (Wildman–Crippen LogP) is 4.55. The van der Waals surface area contributed by atoms with Gasteiger partial charge < -0.3 is 19.8 Å². The molecule has 6 rings (SSSR count). The fourth-order valence-corrected chi connectivity index (χ4v) is 6.50. The summed E-state index contributed by atoms with van der Waals surface area (Å²) in [6, 6.07) is 20.1. The fraction of sp³-hybridized carbons (Fsp3) is 0.400. The van der Waals surface area contributed by atoms with Crippen LogP contribution >= 0.6 is 0 Å². The quantitative estimate of drug-likeness (QED) is 0.593. The molecule has 2 aromatic carbocycles. The Hall–Kier alpha value is -3.58. The normalized spacial score (nSPS) is 28.3. The molecule has 2 unspecified atom stereocenters. The van der Waals surface area contributed by atoms with E-state index >= 15 is 0 Å². The maximum absolute atomic E-state index is 9.55. The van der Waals surface area contributed by atoms with Gasteiger partial charge in [0.05, 0.1) is 0 Å². The molecular formula is C30H34N2O5. The number of carbonyl (C=O) groups is 2. The third-order valence-corrected chi connectivity index (χ3v) is 8.15. The van der Waals surface area contributed by atoms with E-state index in [1.165, 1.54) is 50.0 Å². The van der Waals surface area contributed by atoms with Gasteiger partial charge in [-0.1, -0.05) is 42.5 Å². The smallest absolute Gasteiger partial charge is 0.328 e. The van der Waals surface area contributed by atoms with Gasteiger partial charge in [0.2, 0.25) is 0 Å². The molecule has 2 aliphatic carbocycles. The van der Waals surface area contributed by atoms with Crippen LogP contribution in [0.3, 0.4) is 0 Å². The van der Waals surface area contributed by atoms with Crippen molar-refractivity contribution in [3.05, 3.63) is 78.4 Å². The number of para-hydroxylation sites is 2. The minimum atomic E-state index is -1.26. The largest absolute Gasteiger partial charge is 0.483 e. The number of piperazine rings is 1. The molecule has 2 aromatic rings. The first-order chi connectivity index (χ1) is 17.9. The highest BCUT2D eigenvalue weighted by molar-refractivity contribution is 5.89. The molecule has 4 aliphatic rings. The second-order valence-corrected chi connectivity index (χ2v) is 10.5. The summed E-state index contributed by atoms with van der Waals surface area (Å²) in [5.41, 5.74) is 2.56. The molecule has 2 N–H and O–H groups in total. The summed E-state index contributed by atoms with van der Waals surface area (Å²) in [6.45, 7) is 4.71. The van der Waals surface area contributed by atoms with Gasteiger partial charge in [-0.25, -0.2) is 9.59 Å². The lowest BCUT2D eigenvalue weighted by atomic mass is 9.92. The van der Waals surface area contributed by atoms with Gasteiger partial charge in [0, 0.05) is 55.6 Å². The fourth-order valence-electron chi connectivity index (χ4n) is 6.50. The van der Waals surface area contributed by atoms with E-state index in [-0.39, 0.29) is 5.60 Å². The molecule has 3 fully saturated rings. The van der Waals surface area contributed by atoms with Gasteiger partial charge in [-0.3, -0.25) is 4.90 Å². The molecule has 7 heteroatoms. The Bertz CT molecular complexity index is 1140. The number of hydrogen-bond donors (Lipinski definition) is 2. The molecule has 1 spiro atoms. The molecule has 194 valence electrons. The maximum atomic E-state index is 9.55. The van der Waals surface area contributed by atoms with Crippen molar-refractivity contribution in [2.45, 2.75) is 37.3 Å². The van der Waals surface area contributed by atoms with Gasteiger partial charge in [-0.15, -0.1) is 0 Å². The van der Waals surface area contributed by atoms with Crippen LogP contribution in [0.15, 0.2) is 72.8 Å². The van der Waals surface area contributed by atoms with Crippen molar-refractivity contribution < 1.29 is 24.5 Å². The molecule has 0 bridgehead atoms. The summed E-state index contributed by atoms with van der Waals surface area (Å²) in [5, 5.41) is 15.6. The van der Waals surface area contributed by atoms with E-state index in [9.17, 15) is 9.59 Å². The Kier molecular flexibility index (Phi) is 7.33. The van der Waals surface area contributed by atoms with E-state index in [0.717, 1.165) is 36.7 Å². The molecule has 37 heavy (non-hydrogen) atoms. The minimum absolute atomic E-state index is 0.0410. The van der Waals surface area contributed by atoms with Crippen molar-refractivity contribution in [3.8, 4) is 5.75 Å². The molecule has 0 aromatic heterocycles. The number of carboxylic acid groups (broad SMARTS) is 2. The molecule has 0 radical (unpaired) electrons. The Labute approximate surface area is 217 Å². The van der Waals surface area contributed by atoms with Crippen LogP contribution in [-0.4, -0.2) is 64.9 Å². The standard InChI is InChI=1S/C26H30N2O.C4H4O4/c1-2-7-23(8-3-1)27-12-14-28(15-13-27)24-16-21-18-26(19-22(21)17-24)11-10-20-6-4-5-9-25(20)29-26;5-3(6)1-2-4(7)8/h1-11,21-22,24H,12-19H2;1-2H,(H,5,6)(H,7,8)/b;2-1+. The summed E-state index contributed by atoms with van der Waals surface area (Å²) in [4.78, 5) is 24.4. The molecule has 2 saturated carbocycles. The second kappa shape index (κ2) is 10.8. The Morgan fingerprint density at radius 2 is 1.43 bits per heavy atom. The van der Waals surface area contributed by atoms with Crippen LogP contribution in [0.1, 0.15) is 31.2 Å². The third kappa shape index (κ3) is 5.88. The predicted molar refractivity (Wildman–Crippen MR) is 143 cm³/mol. The zero-order valence-corrected chi connectivity index (χ0v) is 20.9. The van der Waals surface area contributed by atoms with Crippen molar-refractivity contribution in [2.75, 3.05) is 31.1 Å². The molecule has 7 nitrogen and oxygen atoms in total. The van der Waals surface area contributed by atoms with Crippen molar-refractivity contribution in [3.63, 3.8) is 0 Å². The van der Waals surface area contributed by atoms with Gasteiger partial charge in [-0.05, 0) is 61.8 Å². The molecule has 1 saturated heterocycles. The van der Waals surface area contributed by atoms with E-state index < -0.39 is 11.9 Å². The highest BCUT2D eigenvalue weighted by Crippen LogP contribution is 2.53. The summed E-state index contributed by atoms with van der Waals surface area (Å²) in [5.74, 6) is 0.201. The number of hydrogen-bond acceptors (Lipinski definition) is 5. The van der Waals surface area contributed by atoms with Crippen LogP contribution in [-0.2, 0) is 9.59 Å². The number of rotatable bonds is 4. The SMILES string of the molecule is C1=CC2(CC3CC(N4CCN(c5ccccc5)CC4)CC3C2)Oc2ccccc21.O=C(O)/C=C/C(=O)O. The van der Waals surface area contributed by atoms with Crippen molar-refractivity contribution in [1.29, 1.82) is 0 Å². The molecule has 2 heterocycles. The highest BCUT2D eigenvalue weighted by Gasteiger charge is 2.51. The maximum Gasteiger partial charge on any atom is 0.328 e. The first kappa shape index (κ1) is 25.1. The molecular weight excluding hydrogens is 468 g/mol. The van der Waals surface area contributed by atoms with E-state index in [4.69, 9.17) is 14.9 Å². The zero-order valence-electron chi connectivity index (χ0n) is 20.9. The number of anilines is 1. The number of nitrogens with zero attached hydrogens (tertiary/aromatic N) is 2. The van der Waals surface area contributed by atoms with Crippen LogP contribution in [0.5, 0.6) is 5.75 Å². The highest BCUT2D eigenvalue weighted by atomic mass is 16.5. The minimum Gasteiger partial charge on any atom is -0.483 e. The van der Waals surface area contributed by atoms with Crippen LogP contribution in [0, 0.1) is 11.8 Å². The third-order valence-electron chi connectivity index (χ3n) is 8.15. The van der Waals surface area contributed by atoms with E-state index in [1.807, 2.05) is 0 Å². The van der Waals surface area contributed by atoms with Gasteiger partial charge in [0.25, 0.3) is 0 Å². The number of ether oxygens (including phenoxy) is 1. The van der Waals surface area contributed by atoms with Gasteiger partial charge in [0.1, 0.15) is 11.4 Å². The first-order valence-corrected chi connectivity index (χ1v) is 13.1. The Morgan fingerprint density at radius 1 is 0.838 bits per heavy atom. The van der Waals surface area contributed by atoms with Crippen LogP contribution in [0.25, 0.3) is 6.08 Å². The lowest BCUT2D eigenvalue weighted by Crippen LogP contribution is -2.50. The average molecular weight is 503 g/mol. The molecule has 0 amide bonds. The van der Waals surface area contributed by atoms with E-state index in [0.29, 0.717) is 12.2 Å². The van der Waals surface area contributed by atoms with Crippen LogP contribution in [0.2, 0.25) is 0 Å². The summed E-state index contributed by atoms with van der Waals surface area (Å²) in [7, 11) is 0. The van der Waals surface area contributed by atoms with Crippen molar-refractivity contribution in [1.82, 2.24) is 4.90 Å². The summed E-state index contributed by atoms with van der Waals surface area (Å²) in [6.07, 6.45) is 10.9. The van der Waals surface area contributed by atoms with Crippen LogP contribution in [0.4, 0.5) is 5.69 Å². The lowest BCUT2D eigenvalue weighted by molar-refractivity contribution is -0.134. The zero-order chi connectivity index (χ0) is 25.8. The van der Waals surface area contributed by atoms with Gasteiger partial charge in [0.15, 0.2) is 0 Å². The summed E-state index contributed by atoms with van der Waals surface area (Å²) < 4.78 is 6.55. The number of aliphatic carboxylic acids is 2. The number of benzene rings is 2.